The molecule has 1 atom stereocenters. The highest BCUT2D eigenvalue weighted by molar-refractivity contribution is 5.89. The van der Waals surface area contributed by atoms with Crippen LogP contribution in [-0.4, -0.2) is 12.1 Å². The number of aryl methyl sites for hydroxylation is 1. The third kappa shape index (κ3) is 5.73. The lowest BCUT2D eigenvalue weighted by Gasteiger charge is -2.14. The maximum atomic E-state index is 13.3. The fourth-order valence-electron chi connectivity index (χ4n) is 1.83. The number of carbonyl (C=O) groups excluding carboxylic acids is 1. The molecule has 0 radical (unpaired) electrons. The SMILES string of the molecule is CCCCC[C@H](C)NC(=O)Nc1ccc(C)c(F)c1. The van der Waals surface area contributed by atoms with E-state index in [2.05, 4.69) is 17.6 Å². The molecule has 1 aromatic rings. The van der Waals surface area contributed by atoms with Crippen LogP contribution in [-0.2, 0) is 0 Å². The number of halogens is 1. The molecular weight excluding hydrogens is 243 g/mol. The average molecular weight is 266 g/mol. The number of unbranched alkanes of at least 4 members (excludes halogenated alkanes) is 2. The van der Waals surface area contributed by atoms with E-state index in [1.807, 2.05) is 6.92 Å². The summed E-state index contributed by atoms with van der Waals surface area (Å²) in [6.07, 6.45) is 4.42. The Bertz CT molecular complexity index is 421. The molecule has 19 heavy (non-hydrogen) atoms. The minimum Gasteiger partial charge on any atom is -0.335 e. The number of carbonyl (C=O) groups is 1. The van der Waals surface area contributed by atoms with Gasteiger partial charge in [-0.2, -0.15) is 0 Å². The number of hydrogen-bond donors (Lipinski definition) is 2. The zero-order valence-corrected chi connectivity index (χ0v) is 11.9. The average Bonchev–Trinajstić information content (AvgIpc) is 2.34. The van der Waals surface area contributed by atoms with E-state index >= 15 is 0 Å². The zero-order valence-electron chi connectivity index (χ0n) is 11.9. The summed E-state index contributed by atoms with van der Waals surface area (Å²) in [4.78, 5) is 11.7. The number of benzene rings is 1. The maximum Gasteiger partial charge on any atom is 0.319 e. The van der Waals surface area contributed by atoms with Gasteiger partial charge in [0.25, 0.3) is 0 Å². The van der Waals surface area contributed by atoms with E-state index in [0.717, 1.165) is 12.8 Å². The van der Waals surface area contributed by atoms with Crippen molar-refractivity contribution in [2.45, 2.75) is 52.5 Å². The summed E-state index contributed by atoms with van der Waals surface area (Å²) in [7, 11) is 0. The summed E-state index contributed by atoms with van der Waals surface area (Å²) in [5.41, 5.74) is 1.04. The van der Waals surface area contributed by atoms with Crippen LogP contribution >= 0.6 is 0 Å². The third-order valence-corrected chi connectivity index (χ3v) is 3.05. The summed E-state index contributed by atoms with van der Waals surface area (Å²) in [6, 6.07) is 4.51. The van der Waals surface area contributed by atoms with E-state index in [1.54, 1.807) is 19.1 Å². The highest BCUT2D eigenvalue weighted by Gasteiger charge is 2.08. The van der Waals surface area contributed by atoms with Gasteiger partial charge < -0.3 is 10.6 Å². The van der Waals surface area contributed by atoms with E-state index < -0.39 is 0 Å². The van der Waals surface area contributed by atoms with Gasteiger partial charge in [-0.25, -0.2) is 9.18 Å². The fraction of sp³-hybridized carbons (Fsp3) is 0.533. The molecule has 2 amide bonds. The van der Waals surface area contributed by atoms with Gasteiger partial charge >= 0.3 is 6.03 Å². The quantitative estimate of drug-likeness (QED) is 0.743. The standard InChI is InChI=1S/C15H23FN2O/c1-4-5-6-7-12(3)17-15(19)18-13-9-8-11(2)14(16)10-13/h8-10,12H,4-7H2,1-3H3,(H2,17,18,19)/t12-/m0/s1. The molecule has 2 N–H and O–H groups in total. The van der Waals surface area contributed by atoms with Crippen LogP contribution in [0.25, 0.3) is 0 Å². The minimum atomic E-state index is -0.311. The topological polar surface area (TPSA) is 41.1 Å². The summed E-state index contributed by atoms with van der Waals surface area (Å²) < 4.78 is 13.3. The Morgan fingerprint density at radius 1 is 1.37 bits per heavy atom. The molecule has 0 spiro atoms. The highest BCUT2D eigenvalue weighted by Crippen LogP contribution is 2.13. The molecule has 0 bridgehead atoms. The second-order valence-corrected chi connectivity index (χ2v) is 4.96. The van der Waals surface area contributed by atoms with Gasteiger partial charge in [-0.3, -0.25) is 0 Å². The van der Waals surface area contributed by atoms with Crippen LogP contribution in [0.1, 0.15) is 45.1 Å². The van der Waals surface area contributed by atoms with Crippen molar-refractivity contribution >= 4 is 11.7 Å². The summed E-state index contributed by atoms with van der Waals surface area (Å²) in [6.45, 7) is 5.82. The van der Waals surface area contributed by atoms with Crippen molar-refractivity contribution in [2.75, 3.05) is 5.32 Å². The van der Waals surface area contributed by atoms with Crippen molar-refractivity contribution in [3.05, 3.63) is 29.6 Å². The molecule has 3 nitrogen and oxygen atoms in total. The zero-order chi connectivity index (χ0) is 14.3. The van der Waals surface area contributed by atoms with E-state index in [0.29, 0.717) is 11.3 Å². The maximum absolute atomic E-state index is 13.3. The summed E-state index contributed by atoms with van der Waals surface area (Å²) >= 11 is 0. The van der Waals surface area contributed by atoms with Gasteiger partial charge in [-0.1, -0.05) is 32.3 Å². The molecule has 0 heterocycles. The van der Waals surface area contributed by atoms with Crippen molar-refractivity contribution in [1.82, 2.24) is 5.32 Å². The largest absolute Gasteiger partial charge is 0.335 e. The van der Waals surface area contributed by atoms with Gasteiger partial charge in [0.2, 0.25) is 0 Å². The van der Waals surface area contributed by atoms with Crippen LogP contribution < -0.4 is 10.6 Å². The number of anilines is 1. The van der Waals surface area contributed by atoms with Crippen LogP contribution in [0.2, 0.25) is 0 Å². The first-order valence-corrected chi connectivity index (χ1v) is 6.86. The lowest BCUT2D eigenvalue weighted by atomic mass is 10.1. The number of hydrogen-bond acceptors (Lipinski definition) is 1. The molecule has 106 valence electrons. The predicted octanol–water partition coefficient (Wildman–Crippen LogP) is 4.22. The molecule has 0 unspecified atom stereocenters. The molecule has 4 heteroatoms. The minimum absolute atomic E-state index is 0.127. The van der Waals surface area contributed by atoms with Crippen molar-refractivity contribution < 1.29 is 9.18 Å². The van der Waals surface area contributed by atoms with Crippen molar-refractivity contribution in [1.29, 1.82) is 0 Å². The van der Waals surface area contributed by atoms with E-state index in [-0.39, 0.29) is 17.9 Å². The number of rotatable bonds is 6. The molecule has 0 aliphatic carbocycles. The first kappa shape index (κ1) is 15.5. The Kier molecular flexibility index (Phi) is 6.33. The Hall–Kier alpha value is -1.58. The van der Waals surface area contributed by atoms with Gasteiger partial charge in [0.15, 0.2) is 0 Å². The monoisotopic (exact) mass is 266 g/mol. The summed E-state index contributed by atoms with van der Waals surface area (Å²) in [5, 5.41) is 5.49. The lowest BCUT2D eigenvalue weighted by Crippen LogP contribution is -2.36. The normalized spacial score (nSPS) is 12.0. The molecule has 0 fully saturated rings. The number of nitrogens with one attached hydrogen (secondary N) is 2. The number of urea groups is 1. The predicted molar refractivity (Wildman–Crippen MR) is 76.9 cm³/mol. The molecule has 0 saturated heterocycles. The van der Waals surface area contributed by atoms with Crippen LogP contribution in [0, 0.1) is 12.7 Å². The van der Waals surface area contributed by atoms with E-state index in [1.165, 1.54) is 18.9 Å². The Morgan fingerprint density at radius 3 is 2.74 bits per heavy atom. The van der Waals surface area contributed by atoms with Crippen LogP contribution in [0.5, 0.6) is 0 Å². The van der Waals surface area contributed by atoms with E-state index in [4.69, 9.17) is 0 Å². The molecule has 0 saturated carbocycles. The molecule has 1 aromatic carbocycles. The smallest absolute Gasteiger partial charge is 0.319 e. The molecule has 0 aliphatic rings. The molecule has 1 rings (SSSR count). The highest BCUT2D eigenvalue weighted by atomic mass is 19.1. The summed E-state index contributed by atoms with van der Waals surface area (Å²) in [5.74, 6) is -0.311. The fourth-order valence-corrected chi connectivity index (χ4v) is 1.83. The number of amides is 2. The van der Waals surface area contributed by atoms with Gasteiger partial charge in [-0.05, 0) is 38.0 Å². The van der Waals surface area contributed by atoms with Crippen molar-refractivity contribution in [2.24, 2.45) is 0 Å². The Balaban J connectivity index is 2.39. The van der Waals surface area contributed by atoms with E-state index in [9.17, 15) is 9.18 Å². The van der Waals surface area contributed by atoms with Crippen molar-refractivity contribution in [3.8, 4) is 0 Å². The third-order valence-electron chi connectivity index (χ3n) is 3.05. The first-order chi connectivity index (χ1) is 9.02. The van der Waals surface area contributed by atoms with Crippen molar-refractivity contribution in [3.63, 3.8) is 0 Å². The second-order valence-electron chi connectivity index (χ2n) is 4.96. The van der Waals surface area contributed by atoms with Gasteiger partial charge in [-0.15, -0.1) is 0 Å². The van der Waals surface area contributed by atoms with Gasteiger partial charge in [0, 0.05) is 11.7 Å². The molecule has 0 aromatic heterocycles. The molecule has 0 aliphatic heterocycles. The van der Waals surface area contributed by atoms with Crippen LogP contribution in [0.15, 0.2) is 18.2 Å². The second kappa shape index (κ2) is 7.77. The molecular formula is C15H23FN2O. The van der Waals surface area contributed by atoms with Gasteiger partial charge in [0.05, 0.1) is 0 Å². The van der Waals surface area contributed by atoms with Gasteiger partial charge in [0.1, 0.15) is 5.82 Å². The first-order valence-electron chi connectivity index (χ1n) is 6.86. The lowest BCUT2D eigenvalue weighted by molar-refractivity contribution is 0.248. The Morgan fingerprint density at radius 2 is 2.11 bits per heavy atom. The van der Waals surface area contributed by atoms with Crippen LogP contribution in [0.3, 0.4) is 0 Å². The van der Waals surface area contributed by atoms with Crippen LogP contribution in [0.4, 0.5) is 14.9 Å². The Labute approximate surface area is 114 Å².